The van der Waals surface area contributed by atoms with E-state index in [2.05, 4.69) is 0 Å². The van der Waals surface area contributed by atoms with Crippen molar-refractivity contribution in [2.24, 2.45) is 11.7 Å². The summed E-state index contributed by atoms with van der Waals surface area (Å²) in [4.78, 5) is 11.1. The number of aryl methyl sites for hydroxylation is 1. The van der Waals surface area contributed by atoms with Crippen LogP contribution in [-0.4, -0.2) is 16.2 Å². The molecule has 0 aromatic heterocycles. The fraction of sp³-hybridized carbons (Fsp3) is 0.462. The van der Waals surface area contributed by atoms with Crippen LogP contribution >= 0.6 is 12.4 Å². The molecule has 0 spiro atoms. The maximum Gasteiger partial charge on any atom is 0.336 e. The summed E-state index contributed by atoms with van der Waals surface area (Å²) in [5, 5.41) is 19.1. The van der Waals surface area contributed by atoms with Crippen molar-refractivity contribution in [3.8, 4) is 5.75 Å². The molecule has 4 nitrogen and oxygen atoms in total. The number of carboxylic acids is 1. The Morgan fingerprint density at radius 2 is 1.94 bits per heavy atom. The molecule has 0 amide bonds. The van der Waals surface area contributed by atoms with Gasteiger partial charge in [-0.3, -0.25) is 0 Å². The number of aromatic hydroxyl groups is 1. The molecule has 0 aliphatic carbocycles. The van der Waals surface area contributed by atoms with Crippen molar-refractivity contribution in [2.75, 3.05) is 0 Å². The fourth-order valence-electron chi connectivity index (χ4n) is 1.90. The maximum atomic E-state index is 11.1. The molecule has 4 N–H and O–H groups in total. The number of halogens is 1. The van der Waals surface area contributed by atoms with E-state index in [1.807, 2.05) is 13.8 Å². The quantitative estimate of drug-likeness (QED) is 0.788. The van der Waals surface area contributed by atoms with Gasteiger partial charge >= 0.3 is 5.97 Å². The molecule has 5 heteroatoms. The number of hydrogen-bond donors (Lipinski definition) is 3. The first-order valence-corrected chi connectivity index (χ1v) is 5.66. The van der Waals surface area contributed by atoms with Gasteiger partial charge < -0.3 is 15.9 Å². The number of carboxylic acid groups (broad SMARTS) is 1. The van der Waals surface area contributed by atoms with E-state index in [0.717, 1.165) is 0 Å². The van der Waals surface area contributed by atoms with Gasteiger partial charge in [0.25, 0.3) is 0 Å². The van der Waals surface area contributed by atoms with Gasteiger partial charge in [-0.2, -0.15) is 0 Å². The predicted molar refractivity (Wildman–Crippen MR) is 73.4 cm³/mol. The van der Waals surface area contributed by atoms with E-state index in [0.29, 0.717) is 23.5 Å². The highest BCUT2D eigenvalue weighted by Gasteiger charge is 2.21. The topological polar surface area (TPSA) is 83.5 Å². The van der Waals surface area contributed by atoms with Crippen LogP contribution in [0.15, 0.2) is 12.1 Å². The SMILES string of the molecule is Cc1ccc(C(=O)O)c([C@H](N)CC(C)C)c1O.Cl. The van der Waals surface area contributed by atoms with Gasteiger partial charge in [-0.1, -0.05) is 19.9 Å². The highest BCUT2D eigenvalue weighted by atomic mass is 35.5. The molecular weight excluding hydrogens is 254 g/mol. The molecule has 1 aromatic rings. The van der Waals surface area contributed by atoms with Crippen LogP contribution in [-0.2, 0) is 0 Å². The predicted octanol–water partition coefficient (Wildman–Crippen LogP) is 2.87. The summed E-state index contributed by atoms with van der Waals surface area (Å²) in [6.07, 6.45) is 0.636. The third-order valence-electron chi connectivity index (χ3n) is 2.75. The lowest BCUT2D eigenvalue weighted by Crippen LogP contribution is -2.17. The monoisotopic (exact) mass is 273 g/mol. The number of aromatic carboxylic acids is 1. The van der Waals surface area contributed by atoms with Crippen molar-refractivity contribution in [3.63, 3.8) is 0 Å². The zero-order chi connectivity index (χ0) is 13.2. The number of carbonyl (C=O) groups is 1. The Bertz CT molecular complexity index is 432. The second-order valence-electron chi connectivity index (χ2n) is 4.73. The van der Waals surface area contributed by atoms with Crippen LogP contribution in [0.4, 0.5) is 0 Å². The van der Waals surface area contributed by atoms with Crippen molar-refractivity contribution >= 4 is 18.4 Å². The molecular formula is C13H20ClNO3. The summed E-state index contributed by atoms with van der Waals surface area (Å²) < 4.78 is 0. The normalized spacial score (nSPS) is 12.1. The van der Waals surface area contributed by atoms with Crippen LogP contribution in [0.3, 0.4) is 0 Å². The number of rotatable bonds is 4. The second kappa shape index (κ2) is 6.61. The summed E-state index contributed by atoms with van der Waals surface area (Å²) in [6.45, 7) is 5.74. The molecule has 0 saturated heterocycles. The standard InChI is InChI=1S/C13H19NO3.ClH/c1-7(2)6-10(14)11-9(13(16)17)5-4-8(3)12(11)15;/h4-5,7,10,15H,6,14H2,1-3H3,(H,16,17);1H/t10-;/m1./s1. The Hall–Kier alpha value is -1.26. The van der Waals surface area contributed by atoms with Crippen LogP contribution in [0.25, 0.3) is 0 Å². The Morgan fingerprint density at radius 3 is 2.39 bits per heavy atom. The molecule has 1 atom stereocenters. The Balaban J connectivity index is 0.00000289. The van der Waals surface area contributed by atoms with Crippen LogP contribution < -0.4 is 5.73 Å². The Morgan fingerprint density at radius 1 is 1.39 bits per heavy atom. The van der Waals surface area contributed by atoms with E-state index >= 15 is 0 Å². The molecule has 0 aliphatic rings. The van der Waals surface area contributed by atoms with Crippen molar-refractivity contribution in [2.45, 2.75) is 33.2 Å². The number of hydrogen-bond acceptors (Lipinski definition) is 3. The van der Waals surface area contributed by atoms with E-state index < -0.39 is 12.0 Å². The third kappa shape index (κ3) is 3.62. The third-order valence-corrected chi connectivity index (χ3v) is 2.75. The van der Waals surface area contributed by atoms with Gasteiger partial charge in [0.1, 0.15) is 5.75 Å². The molecule has 0 bridgehead atoms. The van der Waals surface area contributed by atoms with Crippen molar-refractivity contribution in [1.82, 2.24) is 0 Å². The van der Waals surface area contributed by atoms with Gasteiger partial charge in [-0.05, 0) is 30.9 Å². The van der Waals surface area contributed by atoms with Gasteiger partial charge in [0, 0.05) is 11.6 Å². The fourth-order valence-corrected chi connectivity index (χ4v) is 1.90. The van der Waals surface area contributed by atoms with Crippen LogP contribution in [0.2, 0.25) is 0 Å². The minimum Gasteiger partial charge on any atom is -0.507 e. The lowest BCUT2D eigenvalue weighted by Gasteiger charge is -2.19. The van der Waals surface area contributed by atoms with E-state index in [1.165, 1.54) is 6.07 Å². The summed E-state index contributed by atoms with van der Waals surface area (Å²) in [5.74, 6) is -0.723. The van der Waals surface area contributed by atoms with Gasteiger partial charge in [-0.25, -0.2) is 4.79 Å². The number of phenolic OH excluding ortho intramolecular Hbond substituents is 1. The van der Waals surface area contributed by atoms with Gasteiger partial charge in [0.05, 0.1) is 5.56 Å². The summed E-state index contributed by atoms with van der Waals surface area (Å²) in [5.41, 5.74) is 7.05. The van der Waals surface area contributed by atoms with E-state index in [9.17, 15) is 9.90 Å². The highest BCUT2D eigenvalue weighted by molar-refractivity contribution is 5.90. The van der Waals surface area contributed by atoms with E-state index in [1.54, 1.807) is 13.0 Å². The highest BCUT2D eigenvalue weighted by Crippen LogP contribution is 2.32. The first-order chi connectivity index (χ1) is 7.84. The van der Waals surface area contributed by atoms with Crippen molar-refractivity contribution in [1.29, 1.82) is 0 Å². The van der Waals surface area contributed by atoms with Gasteiger partial charge in [0.2, 0.25) is 0 Å². The number of nitrogens with two attached hydrogens (primary N) is 1. The molecule has 18 heavy (non-hydrogen) atoms. The maximum absolute atomic E-state index is 11.1. The summed E-state index contributed by atoms with van der Waals surface area (Å²) in [7, 11) is 0. The molecule has 0 heterocycles. The number of phenols is 1. The minimum atomic E-state index is -1.06. The zero-order valence-corrected chi connectivity index (χ0v) is 11.6. The van der Waals surface area contributed by atoms with Crippen molar-refractivity contribution in [3.05, 3.63) is 28.8 Å². The first-order valence-electron chi connectivity index (χ1n) is 5.66. The average molecular weight is 274 g/mol. The minimum absolute atomic E-state index is 0. The molecule has 0 unspecified atom stereocenters. The Labute approximate surface area is 113 Å². The average Bonchev–Trinajstić information content (AvgIpc) is 2.20. The lowest BCUT2D eigenvalue weighted by molar-refractivity contribution is 0.0694. The lowest BCUT2D eigenvalue weighted by atomic mass is 9.91. The summed E-state index contributed by atoms with van der Waals surface area (Å²) in [6, 6.07) is 2.62. The molecule has 102 valence electrons. The molecule has 0 fully saturated rings. The van der Waals surface area contributed by atoms with E-state index in [-0.39, 0.29) is 23.7 Å². The van der Waals surface area contributed by atoms with Crippen LogP contribution in [0.5, 0.6) is 5.75 Å². The number of benzene rings is 1. The van der Waals surface area contributed by atoms with Gasteiger partial charge in [0.15, 0.2) is 0 Å². The zero-order valence-electron chi connectivity index (χ0n) is 10.8. The first kappa shape index (κ1) is 16.7. The molecule has 1 rings (SSSR count). The molecule has 0 radical (unpaired) electrons. The van der Waals surface area contributed by atoms with Crippen LogP contribution in [0, 0.1) is 12.8 Å². The van der Waals surface area contributed by atoms with Gasteiger partial charge in [-0.15, -0.1) is 12.4 Å². The second-order valence-corrected chi connectivity index (χ2v) is 4.73. The Kier molecular flexibility index (Phi) is 6.15. The van der Waals surface area contributed by atoms with Crippen molar-refractivity contribution < 1.29 is 15.0 Å². The largest absolute Gasteiger partial charge is 0.507 e. The molecule has 0 saturated carbocycles. The molecule has 0 aliphatic heterocycles. The molecule has 1 aromatic carbocycles. The summed E-state index contributed by atoms with van der Waals surface area (Å²) >= 11 is 0. The van der Waals surface area contributed by atoms with E-state index in [4.69, 9.17) is 10.8 Å². The smallest absolute Gasteiger partial charge is 0.336 e. The van der Waals surface area contributed by atoms with Crippen LogP contribution in [0.1, 0.15) is 47.8 Å².